The van der Waals surface area contributed by atoms with Crippen LogP contribution in [0.4, 0.5) is 34.1 Å². The Morgan fingerprint density at radius 1 is 0.266 bits per heavy atom. The third-order valence-corrected chi connectivity index (χ3v) is 14.5. The summed E-state index contributed by atoms with van der Waals surface area (Å²) in [5.74, 6) is 0. The molecule has 12 rings (SSSR count). The highest BCUT2D eigenvalue weighted by Gasteiger charge is 2.21. The molecule has 2 nitrogen and oxygen atoms in total. The molecule has 0 fully saturated rings. The molecule has 64 heavy (non-hydrogen) atoms. The van der Waals surface area contributed by atoms with E-state index in [1.807, 2.05) is 22.7 Å². The quantitative estimate of drug-likeness (QED) is 0.143. The van der Waals surface area contributed by atoms with Gasteiger partial charge in [-0.15, -0.1) is 22.7 Å². The zero-order valence-corrected chi connectivity index (χ0v) is 36.4. The number of anilines is 6. The van der Waals surface area contributed by atoms with Crippen LogP contribution in [0.2, 0.25) is 0 Å². The van der Waals surface area contributed by atoms with E-state index in [1.54, 1.807) is 0 Å². The summed E-state index contributed by atoms with van der Waals surface area (Å²) in [6, 6.07) is 88.3. The van der Waals surface area contributed by atoms with Crippen LogP contribution in [0.15, 0.2) is 243 Å². The van der Waals surface area contributed by atoms with Crippen LogP contribution < -0.4 is 9.80 Å². The molecule has 0 aliphatic carbocycles. The molecule has 0 amide bonds. The van der Waals surface area contributed by atoms with Gasteiger partial charge in [-0.1, -0.05) is 146 Å². The molecule has 0 saturated carbocycles. The molecule has 0 aliphatic rings. The minimum atomic E-state index is 1.11. The molecule has 302 valence electrons. The first-order valence-corrected chi connectivity index (χ1v) is 23.3. The third-order valence-electron chi connectivity index (χ3n) is 12.2. The highest BCUT2D eigenvalue weighted by molar-refractivity contribution is 7.26. The number of thiophene rings is 2. The van der Waals surface area contributed by atoms with Crippen molar-refractivity contribution >= 4 is 97.1 Å². The SMILES string of the molecule is c1ccc(-c2ccc3sc4c(N(c5ccccc5)c5cccc(-c6cc(-c7cccc(N(c8ccccc8)c8ccccc8)c7)cc7sc8ccccc8c67)c5)cccc4c3c2)cc1. The van der Waals surface area contributed by atoms with Crippen LogP contribution in [0.5, 0.6) is 0 Å². The van der Waals surface area contributed by atoms with E-state index < -0.39 is 0 Å². The second-order valence-corrected chi connectivity index (χ2v) is 18.2. The molecule has 4 heteroatoms. The predicted molar refractivity (Wildman–Crippen MR) is 278 cm³/mol. The topological polar surface area (TPSA) is 6.48 Å². The minimum absolute atomic E-state index is 1.11. The Bertz CT molecular complexity index is 3580. The highest BCUT2D eigenvalue weighted by Crippen LogP contribution is 2.48. The van der Waals surface area contributed by atoms with Gasteiger partial charge >= 0.3 is 0 Å². The summed E-state index contributed by atoms with van der Waals surface area (Å²) in [7, 11) is 0. The van der Waals surface area contributed by atoms with Crippen molar-refractivity contribution in [3.8, 4) is 33.4 Å². The van der Waals surface area contributed by atoms with Gasteiger partial charge in [0.05, 0.1) is 10.4 Å². The number of rotatable bonds is 9. The molecule has 0 N–H and O–H groups in total. The van der Waals surface area contributed by atoms with Crippen molar-refractivity contribution < 1.29 is 0 Å². The molecule has 2 aromatic heterocycles. The molecule has 0 spiro atoms. The molecule has 10 aromatic carbocycles. The van der Waals surface area contributed by atoms with E-state index in [4.69, 9.17) is 0 Å². The van der Waals surface area contributed by atoms with Crippen LogP contribution in [-0.2, 0) is 0 Å². The van der Waals surface area contributed by atoms with Crippen LogP contribution in [0.25, 0.3) is 73.7 Å². The molecular weight excluding hydrogens is 813 g/mol. The maximum absolute atomic E-state index is 2.44. The lowest BCUT2D eigenvalue weighted by Crippen LogP contribution is -2.10. The van der Waals surface area contributed by atoms with Gasteiger partial charge in [0.1, 0.15) is 0 Å². The summed E-state index contributed by atoms with van der Waals surface area (Å²) in [6.07, 6.45) is 0. The minimum Gasteiger partial charge on any atom is -0.310 e. The Kier molecular flexibility index (Phi) is 9.59. The van der Waals surface area contributed by atoms with E-state index in [0.717, 1.165) is 28.4 Å². The smallest absolute Gasteiger partial charge is 0.0640 e. The lowest BCUT2D eigenvalue weighted by molar-refractivity contribution is 1.28. The average molecular weight is 853 g/mol. The number of nitrogens with zero attached hydrogens (tertiary/aromatic N) is 2. The van der Waals surface area contributed by atoms with Gasteiger partial charge in [-0.2, -0.15) is 0 Å². The van der Waals surface area contributed by atoms with Gasteiger partial charge in [-0.3, -0.25) is 0 Å². The van der Waals surface area contributed by atoms with Gasteiger partial charge in [-0.05, 0) is 130 Å². The summed E-state index contributed by atoms with van der Waals surface area (Å²) >= 11 is 3.74. The number of hydrogen-bond acceptors (Lipinski definition) is 4. The zero-order chi connectivity index (χ0) is 42.4. The van der Waals surface area contributed by atoms with E-state index >= 15 is 0 Å². The van der Waals surface area contributed by atoms with Crippen LogP contribution >= 0.6 is 22.7 Å². The summed E-state index contributed by atoms with van der Waals surface area (Å²) in [5.41, 5.74) is 14.0. The van der Waals surface area contributed by atoms with Gasteiger partial charge in [0.15, 0.2) is 0 Å². The first kappa shape index (κ1) is 38.0. The van der Waals surface area contributed by atoms with Gasteiger partial charge in [-0.25, -0.2) is 0 Å². The highest BCUT2D eigenvalue weighted by atomic mass is 32.1. The third kappa shape index (κ3) is 6.81. The Hall–Kier alpha value is -7.76. The average Bonchev–Trinajstić information content (AvgIpc) is 3.94. The number of benzene rings is 10. The van der Waals surface area contributed by atoms with Gasteiger partial charge in [0, 0.05) is 64.1 Å². The zero-order valence-electron chi connectivity index (χ0n) is 34.8. The molecular formula is C60H40N2S2. The Labute approximate surface area is 380 Å². The molecule has 12 aromatic rings. The molecule has 2 heterocycles. The van der Waals surface area contributed by atoms with E-state index in [2.05, 4.69) is 252 Å². The van der Waals surface area contributed by atoms with E-state index in [0.29, 0.717) is 0 Å². The van der Waals surface area contributed by atoms with E-state index in [9.17, 15) is 0 Å². The first-order chi connectivity index (χ1) is 31.7. The van der Waals surface area contributed by atoms with E-state index in [1.165, 1.54) is 79.4 Å². The van der Waals surface area contributed by atoms with Crippen molar-refractivity contribution in [2.24, 2.45) is 0 Å². The number of hydrogen-bond donors (Lipinski definition) is 0. The Balaban J connectivity index is 1.02. The Morgan fingerprint density at radius 3 is 1.50 bits per heavy atom. The normalized spacial score (nSPS) is 11.4. The largest absolute Gasteiger partial charge is 0.310 e. The lowest BCUT2D eigenvalue weighted by Gasteiger charge is -2.26. The molecule has 0 saturated heterocycles. The van der Waals surface area contributed by atoms with Crippen LogP contribution in [0, 0.1) is 0 Å². The van der Waals surface area contributed by atoms with Gasteiger partial charge in [0.25, 0.3) is 0 Å². The first-order valence-electron chi connectivity index (χ1n) is 21.7. The number of para-hydroxylation sites is 3. The molecule has 0 radical (unpaired) electrons. The van der Waals surface area contributed by atoms with Crippen molar-refractivity contribution in [2.45, 2.75) is 0 Å². The van der Waals surface area contributed by atoms with Crippen molar-refractivity contribution in [3.63, 3.8) is 0 Å². The van der Waals surface area contributed by atoms with Crippen LogP contribution in [0.3, 0.4) is 0 Å². The fraction of sp³-hybridized carbons (Fsp3) is 0. The molecule has 0 aliphatic heterocycles. The standard InChI is InChI=1S/C60H40N2S2/c1-5-18-41(19-6-1)43-34-35-57-54(38-43)51-31-17-32-55(60(51)64-57)62(48-26-11-4-12-27-48)50-29-16-21-44(37-50)53-39-45(40-58-59(53)52-30-13-14-33-56(52)63-58)42-20-15-28-49(36-42)61(46-22-7-2-8-23-46)47-24-9-3-10-25-47/h1-40H. The van der Waals surface area contributed by atoms with Crippen molar-refractivity contribution in [1.29, 1.82) is 0 Å². The monoisotopic (exact) mass is 852 g/mol. The fourth-order valence-electron chi connectivity index (χ4n) is 9.26. The second-order valence-electron chi connectivity index (χ2n) is 16.1. The summed E-state index contributed by atoms with van der Waals surface area (Å²) < 4.78 is 5.12. The van der Waals surface area contributed by atoms with Crippen LogP contribution in [0.1, 0.15) is 0 Å². The lowest BCUT2D eigenvalue weighted by atomic mass is 9.94. The summed E-state index contributed by atoms with van der Waals surface area (Å²) in [4.78, 5) is 4.78. The maximum Gasteiger partial charge on any atom is 0.0640 e. The summed E-state index contributed by atoms with van der Waals surface area (Å²) in [5, 5.41) is 5.13. The molecule has 0 bridgehead atoms. The molecule has 0 atom stereocenters. The van der Waals surface area contributed by atoms with E-state index in [-0.39, 0.29) is 0 Å². The molecule has 0 unspecified atom stereocenters. The van der Waals surface area contributed by atoms with Crippen molar-refractivity contribution in [3.05, 3.63) is 243 Å². The number of fused-ring (bicyclic) bond motifs is 6. The Morgan fingerprint density at radius 2 is 0.781 bits per heavy atom. The second kappa shape index (κ2) is 16.2. The fourth-order valence-corrected chi connectivity index (χ4v) is 11.6. The van der Waals surface area contributed by atoms with Crippen LogP contribution in [-0.4, -0.2) is 0 Å². The maximum atomic E-state index is 2.44. The predicted octanol–water partition coefficient (Wildman–Crippen LogP) is 18.4. The van der Waals surface area contributed by atoms with Gasteiger partial charge < -0.3 is 9.80 Å². The summed E-state index contributed by atoms with van der Waals surface area (Å²) in [6.45, 7) is 0. The van der Waals surface area contributed by atoms with Gasteiger partial charge in [0.2, 0.25) is 0 Å². The van der Waals surface area contributed by atoms with Crippen molar-refractivity contribution in [2.75, 3.05) is 9.80 Å². The van der Waals surface area contributed by atoms with Crippen molar-refractivity contribution in [1.82, 2.24) is 0 Å².